The van der Waals surface area contributed by atoms with Gasteiger partial charge in [-0.15, -0.1) is 0 Å². The number of benzene rings is 1. The molecular weight excluding hydrogens is 288 g/mol. The van der Waals surface area contributed by atoms with Crippen LogP contribution in [0.5, 0.6) is 5.75 Å². The van der Waals surface area contributed by atoms with Crippen molar-refractivity contribution in [2.75, 3.05) is 20.3 Å². The van der Waals surface area contributed by atoms with Crippen molar-refractivity contribution in [3.8, 4) is 5.75 Å². The molecule has 0 heterocycles. The third-order valence-corrected chi connectivity index (χ3v) is 2.84. The molecule has 1 amide bonds. The fraction of sp³-hybridized carbons (Fsp3) is 0.364. The van der Waals surface area contributed by atoms with Crippen LogP contribution in [0.25, 0.3) is 0 Å². The molecule has 0 aliphatic rings. The third kappa shape index (κ3) is 4.33. The molecule has 0 saturated carbocycles. The zero-order valence-corrected chi connectivity index (χ0v) is 11.1. The number of ether oxygens (including phenoxy) is 2. The lowest BCUT2D eigenvalue weighted by molar-refractivity contribution is -0.122. The van der Waals surface area contributed by atoms with Crippen molar-refractivity contribution in [2.45, 2.75) is 6.04 Å². The minimum Gasteiger partial charge on any atom is -0.497 e. The quantitative estimate of drug-likeness (QED) is 0.819. The Morgan fingerprint density at radius 1 is 1.53 bits per heavy atom. The number of halogens is 1. The Morgan fingerprint density at radius 3 is 2.76 bits per heavy atom. The average Bonchev–Trinajstić information content (AvgIpc) is 2.28. The van der Waals surface area contributed by atoms with E-state index in [9.17, 15) is 4.79 Å². The van der Waals surface area contributed by atoms with Crippen molar-refractivity contribution in [1.29, 1.82) is 0 Å². The Hall–Kier alpha value is -1.11. The van der Waals surface area contributed by atoms with Crippen LogP contribution in [-0.4, -0.2) is 26.2 Å². The zero-order chi connectivity index (χ0) is 12.8. The van der Waals surface area contributed by atoms with E-state index in [-0.39, 0.29) is 19.3 Å². The first kappa shape index (κ1) is 14.0. The van der Waals surface area contributed by atoms with Crippen molar-refractivity contribution in [2.24, 2.45) is 11.5 Å². The Labute approximate surface area is 108 Å². The standard InChI is InChI=1S/C11H15BrN2O3/c1-16-7-2-3-8(9(12)4-7)10(13)5-17-6-11(14)15/h2-4,10H,5-6,13H2,1H3,(H2,14,15). The lowest BCUT2D eigenvalue weighted by Gasteiger charge is -2.14. The number of carbonyl (C=O) groups excluding carboxylic acids is 1. The predicted octanol–water partition coefficient (Wildman–Crippen LogP) is 0.959. The van der Waals surface area contributed by atoms with Gasteiger partial charge in [-0.25, -0.2) is 0 Å². The molecule has 0 aliphatic heterocycles. The van der Waals surface area contributed by atoms with Crippen LogP contribution in [0.3, 0.4) is 0 Å². The molecule has 1 atom stereocenters. The molecule has 0 aliphatic carbocycles. The monoisotopic (exact) mass is 302 g/mol. The summed E-state index contributed by atoms with van der Waals surface area (Å²) < 4.78 is 11.0. The van der Waals surface area contributed by atoms with Crippen LogP contribution in [0.2, 0.25) is 0 Å². The summed E-state index contributed by atoms with van der Waals surface area (Å²) in [5.41, 5.74) is 11.8. The second-order valence-electron chi connectivity index (χ2n) is 3.48. The van der Waals surface area contributed by atoms with Crippen molar-refractivity contribution >= 4 is 21.8 Å². The van der Waals surface area contributed by atoms with Gasteiger partial charge in [-0.1, -0.05) is 22.0 Å². The molecule has 0 saturated heterocycles. The number of primary amides is 1. The van der Waals surface area contributed by atoms with E-state index in [1.807, 2.05) is 18.2 Å². The van der Waals surface area contributed by atoms with E-state index < -0.39 is 5.91 Å². The molecule has 0 bridgehead atoms. The normalized spacial score (nSPS) is 12.2. The molecule has 0 fully saturated rings. The second-order valence-corrected chi connectivity index (χ2v) is 4.33. The van der Waals surface area contributed by atoms with Gasteiger partial charge in [0.1, 0.15) is 12.4 Å². The highest BCUT2D eigenvalue weighted by molar-refractivity contribution is 9.10. The molecule has 17 heavy (non-hydrogen) atoms. The maximum Gasteiger partial charge on any atom is 0.243 e. The van der Waals surface area contributed by atoms with E-state index in [1.165, 1.54) is 0 Å². The highest BCUT2D eigenvalue weighted by Gasteiger charge is 2.11. The van der Waals surface area contributed by atoms with Gasteiger partial charge in [-0.2, -0.15) is 0 Å². The summed E-state index contributed by atoms with van der Waals surface area (Å²) >= 11 is 3.40. The molecule has 4 N–H and O–H groups in total. The van der Waals surface area contributed by atoms with E-state index in [2.05, 4.69) is 15.9 Å². The molecule has 1 aromatic carbocycles. The van der Waals surface area contributed by atoms with Crippen molar-refractivity contribution < 1.29 is 14.3 Å². The number of hydrogen-bond donors (Lipinski definition) is 2. The minimum absolute atomic E-state index is 0.124. The number of rotatable bonds is 6. The SMILES string of the molecule is COc1ccc(C(N)COCC(N)=O)c(Br)c1. The zero-order valence-electron chi connectivity index (χ0n) is 9.48. The summed E-state index contributed by atoms with van der Waals surface area (Å²) in [6, 6.07) is 5.16. The maximum atomic E-state index is 10.5. The van der Waals surface area contributed by atoms with Crippen LogP contribution < -0.4 is 16.2 Å². The molecule has 0 aromatic heterocycles. The first-order valence-corrected chi connectivity index (χ1v) is 5.79. The summed E-state index contributed by atoms with van der Waals surface area (Å²) in [6.45, 7) is 0.106. The van der Waals surface area contributed by atoms with E-state index in [0.717, 1.165) is 15.8 Å². The fourth-order valence-electron chi connectivity index (χ4n) is 1.31. The molecule has 5 nitrogen and oxygen atoms in total. The topological polar surface area (TPSA) is 87.6 Å². The third-order valence-electron chi connectivity index (χ3n) is 2.15. The number of carbonyl (C=O) groups is 1. The van der Waals surface area contributed by atoms with E-state index in [1.54, 1.807) is 7.11 Å². The Bertz CT molecular complexity index is 398. The Kier molecular flexibility index (Phi) is 5.40. The van der Waals surface area contributed by atoms with Gasteiger partial charge < -0.3 is 20.9 Å². The lowest BCUT2D eigenvalue weighted by Crippen LogP contribution is -2.23. The van der Waals surface area contributed by atoms with Gasteiger partial charge in [-0.05, 0) is 17.7 Å². The van der Waals surface area contributed by atoms with Gasteiger partial charge in [0.05, 0.1) is 19.8 Å². The number of hydrogen-bond acceptors (Lipinski definition) is 4. The smallest absolute Gasteiger partial charge is 0.243 e. The maximum absolute atomic E-state index is 10.5. The van der Waals surface area contributed by atoms with Crippen LogP contribution in [0, 0.1) is 0 Å². The number of nitrogens with two attached hydrogens (primary N) is 2. The number of amides is 1. The Balaban J connectivity index is 2.62. The molecule has 94 valence electrons. The molecule has 1 rings (SSSR count). The summed E-state index contributed by atoms with van der Waals surface area (Å²) in [5, 5.41) is 0. The van der Waals surface area contributed by atoms with Crippen LogP contribution >= 0.6 is 15.9 Å². The highest BCUT2D eigenvalue weighted by Crippen LogP contribution is 2.26. The molecule has 1 aromatic rings. The average molecular weight is 303 g/mol. The van der Waals surface area contributed by atoms with E-state index in [0.29, 0.717) is 0 Å². The second kappa shape index (κ2) is 6.58. The van der Waals surface area contributed by atoms with Gasteiger partial charge in [-0.3, -0.25) is 4.79 Å². The Morgan fingerprint density at radius 2 is 2.24 bits per heavy atom. The molecule has 0 radical (unpaired) electrons. The van der Waals surface area contributed by atoms with E-state index in [4.69, 9.17) is 20.9 Å². The first-order valence-electron chi connectivity index (χ1n) is 4.99. The van der Waals surface area contributed by atoms with Crippen molar-refractivity contribution in [3.05, 3.63) is 28.2 Å². The van der Waals surface area contributed by atoms with Crippen LogP contribution in [0.15, 0.2) is 22.7 Å². The molecular formula is C11H15BrN2O3. The van der Waals surface area contributed by atoms with Crippen molar-refractivity contribution in [3.63, 3.8) is 0 Å². The molecule has 0 spiro atoms. The predicted molar refractivity (Wildman–Crippen MR) is 67.6 cm³/mol. The highest BCUT2D eigenvalue weighted by atomic mass is 79.9. The van der Waals surface area contributed by atoms with Gasteiger partial charge >= 0.3 is 0 Å². The summed E-state index contributed by atoms with van der Waals surface area (Å²) in [5.74, 6) is 0.233. The molecule has 6 heteroatoms. The van der Waals surface area contributed by atoms with Gasteiger partial charge in [0, 0.05) is 4.47 Å². The van der Waals surface area contributed by atoms with Crippen LogP contribution in [0.1, 0.15) is 11.6 Å². The van der Waals surface area contributed by atoms with Crippen LogP contribution in [-0.2, 0) is 9.53 Å². The lowest BCUT2D eigenvalue weighted by atomic mass is 10.1. The number of methoxy groups -OCH3 is 1. The van der Waals surface area contributed by atoms with Gasteiger partial charge in [0.25, 0.3) is 0 Å². The van der Waals surface area contributed by atoms with E-state index >= 15 is 0 Å². The summed E-state index contributed by atoms with van der Waals surface area (Å²) in [7, 11) is 1.59. The summed E-state index contributed by atoms with van der Waals surface area (Å²) in [6.07, 6.45) is 0. The van der Waals surface area contributed by atoms with Gasteiger partial charge in [0.15, 0.2) is 0 Å². The van der Waals surface area contributed by atoms with Crippen LogP contribution in [0.4, 0.5) is 0 Å². The first-order chi connectivity index (χ1) is 8.04. The largest absolute Gasteiger partial charge is 0.497 e. The minimum atomic E-state index is -0.508. The van der Waals surface area contributed by atoms with Gasteiger partial charge in [0.2, 0.25) is 5.91 Å². The fourth-order valence-corrected chi connectivity index (χ4v) is 1.96. The summed E-state index contributed by atoms with van der Waals surface area (Å²) in [4.78, 5) is 10.5. The molecule has 1 unspecified atom stereocenters. The van der Waals surface area contributed by atoms with Crippen molar-refractivity contribution in [1.82, 2.24) is 0 Å².